The molecule has 0 saturated carbocycles. The highest BCUT2D eigenvalue weighted by atomic mass is 32.1. The summed E-state index contributed by atoms with van der Waals surface area (Å²) in [4.78, 5) is 14.1. The molecule has 3 atom stereocenters. The van der Waals surface area contributed by atoms with Gasteiger partial charge in [0, 0.05) is 13.7 Å². The summed E-state index contributed by atoms with van der Waals surface area (Å²) in [6, 6.07) is 1.96. The highest BCUT2D eigenvalue weighted by Crippen LogP contribution is 2.27. The van der Waals surface area contributed by atoms with Crippen molar-refractivity contribution >= 4 is 17.2 Å². The van der Waals surface area contributed by atoms with Crippen LogP contribution in [0, 0.1) is 5.92 Å². The van der Waals surface area contributed by atoms with Crippen molar-refractivity contribution in [3.63, 3.8) is 0 Å². The van der Waals surface area contributed by atoms with Crippen LogP contribution in [0.15, 0.2) is 16.8 Å². The van der Waals surface area contributed by atoms with Gasteiger partial charge in [0.05, 0.1) is 12.6 Å². The zero-order chi connectivity index (χ0) is 13.1. The zero-order valence-electron chi connectivity index (χ0n) is 11.1. The minimum atomic E-state index is -0.107. The SMILES string of the molecule is COCC(C)CN1C(=O)C(C)NC1c1ccsc1. The maximum Gasteiger partial charge on any atom is 0.241 e. The van der Waals surface area contributed by atoms with Gasteiger partial charge in [-0.2, -0.15) is 11.3 Å². The molecule has 1 aliphatic heterocycles. The highest BCUT2D eigenvalue weighted by molar-refractivity contribution is 7.07. The molecule has 1 aliphatic rings. The van der Waals surface area contributed by atoms with E-state index in [4.69, 9.17) is 4.74 Å². The molecule has 3 unspecified atom stereocenters. The third-order valence-corrected chi connectivity index (χ3v) is 3.89. The predicted molar refractivity (Wildman–Crippen MR) is 72.4 cm³/mol. The topological polar surface area (TPSA) is 41.6 Å². The molecule has 4 nitrogen and oxygen atoms in total. The lowest BCUT2D eigenvalue weighted by Crippen LogP contribution is -2.35. The summed E-state index contributed by atoms with van der Waals surface area (Å²) >= 11 is 1.66. The lowest BCUT2D eigenvalue weighted by Gasteiger charge is -2.26. The molecule has 1 fully saturated rings. The van der Waals surface area contributed by atoms with Crippen molar-refractivity contribution in [2.24, 2.45) is 5.92 Å². The molecule has 0 aromatic carbocycles. The maximum atomic E-state index is 12.2. The van der Waals surface area contributed by atoms with Crippen LogP contribution in [0.25, 0.3) is 0 Å². The minimum absolute atomic E-state index is 0.0121. The Morgan fingerprint density at radius 1 is 1.61 bits per heavy atom. The zero-order valence-corrected chi connectivity index (χ0v) is 11.9. The standard InChI is InChI=1S/C13H20N2O2S/c1-9(7-17-3)6-15-12(11-4-5-18-8-11)14-10(2)13(15)16/h4-5,8-10,12,14H,6-7H2,1-3H3. The molecule has 1 aromatic rings. The first kappa shape index (κ1) is 13.5. The van der Waals surface area contributed by atoms with Crippen LogP contribution in [-0.4, -0.2) is 37.1 Å². The van der Waals surface area contributed by atoms with Crippen molar-refractivity contribution < 1.29 is 9.53 Å². The van der Waals surface area contributed by atoms with Crippen LogP contribution in [0.3, 0.4) is 0 Å². The number of nitrogens with zero attached hydrogens (tertiary/aromatic N) is 1. The van der Waals surface area contributed by atoms with E-state index in [1.165, 1.54) is 5.56 Å². The van der Waals surface area contributed by atoms with E-state index in [0.717, 1.165) is 6.54 Å². The Morgan fingerprint density at radius 3 is 3.00 bits per heavy atom. The molecule has 5 heteroatoms. The first-order chi connectivity index (χ1) is 8.63. The summed E-state index contributed by atoms with van der Waals surface area (Å²) in [5, 5.41) is 7.48. The Kier molecular flexibility index (Phi) is 4.37. The molecule has 18 heavy (non-hydrogen) atoms. The van der Waals surface area contributed by atoms with Gasteiger partial charge in [0.25, 0.3) is 0 Å². The van der Waals surface area contributed by atoms with Crippen LogP contribution >= 0.6 is 11.3 Å². The molecule has 0 radical (unpaired) electrons. The molecule has 0 spiro atoms. The second-order valence-corrected chi connectivity index (χ2v) is 5.68. The summed E-state index contributed by atoms with van der Waals surface area (Å²) in [7, 11) is 1.69. The van der Waals surface area contributed by atoms with Crippen molar-refractivity contribution in [3.05, 3.63) is 22.4 Å². The van der Waals surface area contributed by atoms with Crippen LogP contribution in [-0.2, 0) is 9.53 Å². The Morgan fingerprint density at radius 2 is 2.39 bits per heavy atom. The molecule has 1 aromatic heterocycles. The van der Waals surface area contributed by atoms with Gasteiger partial charge in [0.1, 0.15) is 6.17 Å². The Bertz CT molecular complexity index is 394. The van der Waals surface area contributed by atoms with E-state index in [2.05, 4.69) is 23.7 Å². The fourth-order valence-corrected chi connectivity index (χ4v) is 3.03. The molecule has 1 amide bonds. The van der Waals surface area contributed by atoms with E-state index in [0.29, 0.717) is 12.5 Å². The molecular weight excluding hydrogens is 248 g/mol. The van der Waals surface area contributed by atoms with Crippen molar-refractivity contribution in [3.8, 4) is 0 Å². The van der Waals surface area contributed by atoms with Gasteiger partial charge < -0.3 is 9.64 Å². The fourth-order valence-electron chi connectivity index (χ4n) is 2.35. The summed E-state index contributed by atoms with van der Waals surface area (Å²) in [5.74, 6) is 0.515. The highest BCUT2D eigenvalue weighted by Gasteiger charge is 2.37. The number of carbonyl (C=O) groups excluding carboxylic acids is 1. The van der Waals surface area contributed by atoms with Gasteiger partial charge in [-0.3, -0.25) is 10.1 Å². The van der Waals surface area contributed by atoms with Crippen LogP contribution < -0.4 is 5.32 Å². The number of nitrogens with one attached hydrogen (secondary N) is 1. The van der Waals surface area contributed by atoms with E-state index in [1.807, 2.05) is 17.2 Å². The molecule has 2 rings (SSSR count). The van der Waals surface area contributed by atoms with Gasteiger partial charge in [0.15, 0.2) is 0 Å². The number of carbonyl (C=O) groups is 1. The number of methoxy groups -OCH3 is 1. The number of ether oxygens (including phenoxy) is 1. The Labute approximate surface area is 112 Å². The van der Waals surface area contributed by atoms with Crippen molar-refractivity contribution in [2.45, 2.75) is 26.1 Å². The number of amides is 1. The van der Waals surface area contributed by atoms with E-state index in [-0.39, 0.29) is 18.1 Å². The summed E-state index contributed by atoms with van der Waals surface area (Å²) in [6.45, 7) is 5.42. The monoisotopic (exact) mass is 268 g/mol. The van der Waals surface area contributed by atoms with Gasteiger partial charge in [-0.05, 0) is 35.2 Å². The first-order valence-electron chi connectivity index (χ1n) is 6.21. The van der Waals surface area contributed by atoms with Crippen molar-refractivity contribution in [1.82, 2.24) is 10.2 Å². The average molecular weight is 268 g/mol. The molecule has 1 saturated heterocycles. The van der Waals surface area contributed by atoms with E-state index in [1.54, 1.807) is 18.4 Å². The molecule has 0 bridgehead atoms. The van der Waals surface area contributed by atoms with Gasteiger partial charge in [-0.25, -0.2) is 0 Å². The summed E-state index contributed by atoms with van der Waals surface area (Å²) in [6.07, 6.45) is 0.0121. The summed E-state index contributed by atoms with van der Waals surface area (Å²) < 4.78 is 5.15. The maximum absolute atomic E-state index is 12.2. The quantitative estimate of drug-likeness (QED) is 0.886. The van der Waals surface area contributed by atoms with Gasteiger partial charge in [-0.1, -0.05) is 6.92 Å². The first-order valence-corrected chi connectivity index (χ1v) is 7.15. The third-order valence-electron chi connectivity index (χ3n) is 3.19. The van der Waals surface area contributed by atoms with Crippen LogP contribution in [0.2, 0.25) is 0 Å². The lowest BCUT2D eigenvalue weighted by molar-refractivity contribution is -0.130. The van der Waals surface area contributed by atoms with E-state index in [9.17, 15) is 4.79 Å². The molecule has 1 N–H and O–H groups in total. The van der Waals surface area contributed by atoms with Gasteiger partial charge >= 0.3 is 0 Å². The van der Waals surface area contributed by atoms with Gasteiger partial charge in [-0.15, -0.1) is 0 Å². The lowest BCUT2D eigenvalue weighted by atomic mass is 10.1. The second kappa shape index (κ2) is 5.82. The number of hydrogen-bond acceptors (Lipinski definition) is 4. The second-order valence-electron chi connectivity index (χ2n) is 4.90. The van der Waals surface area contributed by atoms with E-state index >= 15 is 0 Å². The normalized spacial score (nSPS) is 25.7. The fraction of sp³-hybridized carbons (Fsp3) is 0.615. The van der Waals surface area contributed by atoms with E-state index < -0.39 is 0 Å². The molecule has 100 valence electrons. The number of thiophene rings is 1. The number of rotatable bonds is 5. The Hall–Kier alpha value is -0.910. The molecular formula is C13H20N2O2S. The average Bonchev–Trinajstić information content (AvgIpc) is 2.93. The largest absolute Gasteiger partial charge is 0.384 e. The predicted octanol–water partition coefficient (Wildman–Crippen LogP) is 1.85. The van der Waals surface area contributed by atoms with Gasteiger partial charge in [0.2, 0.25) is 5.91 Å². The minimum Gasteiger partial charge on any atom is -0.384 e. The number of hydrogen-bond donors (Lipinski definition) is 1. The van der Waals surface area contributed by atoms with Crippen molar-refractivity contribution in [1.29, 1.82) is 0 Å². The summed E-state index contributed by atoms with van der Waals surface area (Å²) in [5.41, 5.74) is 1.17. The van der Waals surface area contributed by atoms with Crippen molar-refractivity contribution in [2.75, 3.05) is 20.3 Å². The smallest absolute Gasteiger partial charge is 0.241 e. The van der Waals surface area contributed by atoms with Crippen LogP contribution in [0.5, 0.6) is 0 Å². The van der Waals surface area contributed by atoms with Crippen LogP contribution in [0.4, 0.5) is 0 Å². The molecule has 2 heterocycles. The van der Waals surface area contributed by atoms with Crippen LogP contribution in [0.1, 0.15) is 25.6 Å². The third kappa shape index (κ3) is 2.74. The Balaban J connectivity index is 2.11. The molecule has 0 aliphatic carbocycles.